The van der Waals surface area contributed by atoms with Crippen LogP contribution in [0.15, 0.2) is 72.5 Å². The SMILES string of the molecule is C/C=C\C=C(\O)C(C)c1ccc(-c2ccc(CC)cc2)cc1. The zero-order valence-corrected chi connectivity index (χ0v) is 13.6. The fourth-order valence-electron chi connectivity index (χ4n) is 2.41. The Morgan fingerprint density at radius 2 is 1.55 bits per heavy atom. The molecule has 2 rings (SSSR count). The van der Waals surface area contributed by atoms with Crippen molar-refractivity contribution in [2.75, 3.05) is 0 Å². The van der Waals surface area contributed by atoms with Crippen LogP contribution in [0.4, 0.5) is 0 Å². The lowest BCUT2D eigenvalue weighted by Gasteiger charge is -2.12. The van der Waals surface area contributed by atoms with E-state index in [1.807, 2.05) is 26.0 Å². The van der Waals surface area contributed by atoms with Gasteiger partial charge >= 0.3 is 0 Å². The lowest BCUT2D eigenvalue weighted by atomic mass is 9.95. The molecule has 0 fully saturated rings. The van der Waals surface area contributed by atoms with E-state index in [0.717, 1.165) is 12.0 Å². The molecule has 1 N–H and O–H groups in total. The molecule has 1 nitrogen and oxygen atoms in total. The van der Waals surface area contributed by atoms with Crippen LogP contribution in [-0.4, -0.2) is 5.11 Å². The Kier molecular flexibility index (Phi) is 5.60. The van der Waals surface area contributed by atoms with Crippen molar-refractivity contribution in [1.82, 2.24) is 0 Å². The number of rotatable bonds is 5. The molecule has 0 spiro atoms. The van der Waals surface area contributed by atoms with Gasteiger partial charge < -0.3 is 5.11 Å². The van der Waals surface area contributed by atoms with Crippen molar-refractivity contribution in [3.63, 3.8) is 0 Å². The lowest BCUT2D eigenvalue weighted by Crippen LogP contribution is -1.97. The fourth-order valence-corrected chi connectivity index (χ4v) is 2.41. The minimum atomic E-state index is 0.00715. The lowest BCUT2D eigenvalue weighted by molar-refractivity contribution is 0.375. The predicted molar refractivity (Wildman–Crippen MR) is 95.2 cm³/mol. The summed E-state index contributed by atoms with van der Waals surface area (Å²) in [5.41, 5.74) is 4.90. The predicted octanol–water partition coefficient (Wildman–Crippen LogP) is 6.04. The van der Waals surface area contributed by atoms with Crippen LogP contribution in [0.1, 0.15) is 37.8 Å². The molecule has 22 heavy (non-hydrogen) atoms. The van der Waals surface area contributed by atoms with Gasteiger partial charge in [-0.2, -0.15) is 0 Å². The highest BCUT2D eigenvalue weighted by atomic mass is 16.3. The smallest absolute Gasteiger partial charge is 0.0994 e. The Morgan fingerprint density at radius 3 is 2.05 bits per heavy atom. The molecule has 0 saturated carbocycles. The highest BCUT2D eigenvalue weighted by molar-refractivity contribution is 5.64. The molecule has 0 amide bonds. The summed E-state index contributed by atoms with van der Waals surface area (Å²) in [6.45, 7) is 6.12. The Bertz CT molecular complexity index is 645. The molecule has 0 saturated heterocycles. The van der Waals surface area contributed by atoms with Crippen molar-refractivity contribution < 1.29 is 5.11 Å². The van der Waals surface area contributed by atoms with E-state index in [1.54, 1.807) is 6.08 Å². The third-order valence-electron chi connectivity index (χ3n) is 4.01. The number of aliphatic hydroxyl groups is 1. The van der Waals surface area contributed by atoms with Gasteiger partial charge in [-0.05, 0) is 41.7 Å². The number of allylic oxidation sites excluding steroid dienone is 4. The van der Waals surface area contributed by atoms with Crippen molar-refractivity contribution in [1.29, 1.82) is 0 Å². The van der Waals surface area contributed by atoms with Crippen molar-refractivity contribution in [3.8, 4) is 11.1 Å². The molecule has 2 aromatic carbocycles. The largest absolute Gasteiger partial charge is 0.512 e. The second-order valence-electron chi connectivity index (χ2n) is 5.51. The fraction of sp³-hybridized carbons (Fsp3) is 0.238. The number of aryl methyl sites for hydroxylation is 1. The number of hydrogen-bond donors (Lipinski definition) is 1. The van der Waals surface area contributed by atoms with Crippen LogP contribution in [0.2, 0.25) is 0 Å². The van der Waals surface area contributed by atoms with Gasteiger partial charge in [0.15, 0.2) is 0 Å². The van der Waals surface area contributed by atoms with E-state index in [9.17, 15) is 5.11 Å². The van der Waals surface area contributed by atoms with E-state index in [-0.39, 0.29) is 5.92 Å². The van der Waals surface area contributed by atoms with Crippen molar-refractivity contribution in [3.05, 3.63) is 83.6 Å². The summed E-state index contributed by atoms with van der Waals surface area (Å²) >= 11 is 0. The Morgan fingerprint density at radius 1 is 1.00 bits per heavy atom. The van der Waals surface area contributed by atoms with Gasteiger partial charge in [0, 0.05) is 5.92 Å². The molecule has 0 heterocycles. The monoisotopic (exact) mass is 292 g/mol. The first-order chi connectivity index (χ1) is 10.7. The quantitative estimate of drug-likeness (QED) is 0.526. The highest BCUT2D eigenvalue weighted by Gasteiger charge is 2.09. The van der Waals surface area contributed by atoms with Crippen LogP contribution in [0.5, 0.6) is 0 Å². The molecular weight excluding hydrogens is 268 g/mol. The maximum Gasteiger partial charge on any atom is 0.0994 e. The first-order valence-corrected chi connectivity index (χ1v) is 7.86. The Hall–Kier alpha value is -2.28. The first kappa shape index (κ1) is 16.1. The van der Waals surface area contributed by atoms with Gasteiger partial charge in [0.2, 0.25) is 0 Å². The molecule has 0 radical (unpaired) electrons. The van der Waals surface area contributed by atoms with Crippen molar-refractivity contribution >= 4 is 0 Å². The second-order valence-corrected chi connectivity index (χ2v) is 5.51. The third-order valence-corrected chi connectivity index (χ3v) is 4.01. The van der Waals surface area contributed by atoms with Crippen LogP contribution < -0.4 is 0 Å². The van der Waals surface area contributed by atoms with Crippen LogP contribution in [-0.2, 0) is 6.42 Å². The molecule has 0 aliphatic carbocycles. The summed E-state index contributed by atoms with van der Waals surface area (Å²) in [5, 5.41) is 10.1. The zero-order chi connectivity index (χ0) is 15.9. The molecule has 1 heteroatoms. The molecule has 1 atom stereocenters. The summed E-state index contributed by atoms with van der Waals surface area (Å²) in [6, 6.07) is 17.1. The van der Waals surface area contributed by atoms with Gasteiger partial charge in [0.05, 0.1) is 5.76 Å². The van der Waals surface area contributed by atoms with Gasteiger partial charge in [-0.1, -0.05) is 74.5 Å². The van der Waals surface area contributed by atoms with E-state index in [1.165, 1.54) is 16.7 Å². The Balaban J connectivity index is 2.19. The minimum absolute atomic E-state index is 0.00715. The molecule has 114 valence electrons. The minimum Gasteiger partial charge on any atom is -0.512 e. The van der Waals surface area contributed by atoms with E-state index < -0.39 is 0 Å². The van der Waals surface area contributed by atoms with E-state index >= 15 is 0 Å². The number of hydrogen-bond acceptors (Lipinski definition) is 1. The third kappa shape index (κ3) is 3.88. The molecule has 0 bridgehead atoms. The van der Waals surface area contributed by atoms with Crippen LogP contribution >= 0.6 is 0 Å². The number of aliphatic hydroxyl groups excluding tert-OH is 1. The van der Waals surface area contributed by atoms with Gasteiger partial charge in [-0.25, -0.2) is 0 Å². The molecule has 0 aliphatic rings. The highest BCUT2D eigenvalue weighted by Crippen LogP contribution is 2.26. The van der Waals surface area contributed by atoms with Crippen molar-refractivity contribution in [2.45, 2.75) is 33.1 Å². The van der Waals surface area contributed by atoms with Crippen LogP contribution in [0.25, 0.3) is 11.1 Å². The van der Waals surface area contributed by atoms with Gasteiger partial charge in [-0.15, -0.1) is 0 Å². The normalized spacial score (nSPS) is 13.5. The van der Waals surface area contributed by atoms with Gasteiger partial charge in [0.1, 0.15) is 0 Å². The van der Waals surface area contributed by atoms with E-state index in [4.69, 9.17) is 0 Å². The second kappa shape index (κ2) is 7.65. The Labute approximate surface area is 133 Å². The molecule has 2 aromatic rings. The van der Waals surface area contributed by atoms with E-state index in [2.05, 4.69) is 55.5 Å². The molecule has 0 aliphatic heterocycles. The summed E-state index contributed by atoms with van der Waals surface area (Å²) in [6.07, 6.45) is 6.58. The molecular formula is C21H24O. The standard InChI is InChI=1S/C21H24O/c1-4-6-7-21(22)16(3)18-12-14-20(15-13-18)19-10-8-17(5-2)9-11-19/h4,6-16,22H,5H2,1-3H3/b6-4-,21-7+. The van der Waals surface area contributed by atoms with Crippen molar-refractivity contribution in [2.24, 2.45) is 0 Å². The number of benzene rings is 2. The van der Waals surface area contributed by atoms with Gasteiger partial charge in [0.25, 0.3) is 0 Å². The average molecular weight is 292 g/mol. The molecule has 1 unspecified atom stereocenters. The molecule has 0 aromatic heterocycles. The average Bonchev–Trinajstić information content (AvgIpc) is 2.59. The zero-order valence-electron chi connectivity index (χ0n) is 13.6. The first-order valence-electron chi connectivity index (χ1n) is 7.86. The maximum atomic E-state index is 10.1. The van der Waals surface area contributed by atoms with Crippen LogP contribution in [0.3, 0.4) is 0 Å². The van der Waals surface area contributed by atoms with Gasteiger partial charge in [-0.3, -0.25) is 0 Å². The van der Waals surface area contributed by atoms with Crippen LogP contribution in [0, 0.1) is 0 Å². The summed E-state index contributed by atoms with van der Waals surface area (Å²) in [7, 11) is 0. The summed E-state index contributed by atoms with van der Waals surface area (Å²) in [4.78, 5) is 0. The summed E-state index contributed by atoms with van der Waals surface area (Å²) < 4.78 is 0. The maximum absolute atomic E-state index is 10.1. The summed E-state index contributed by atoms with van der Waals surface area (Å²) in [5.74, 6) is 0.394. The topological polar surface area (TPSA) is 20.2 Å². The van der Waals surface area contributed by atoms with E-state index in [0.29, 0.717) is 5.76 Å².